The van der Waals surface area contributed by atoms with Crippen molar-refractivity contribution in [3.8, 4) is 5.75 Å². The Morgan fingerprint density at radius 1 is 1.04 bits per heavy atom. The van der Waals surface area contributed by atoms with Crippen molar-refractivity contribution in [3.05, 3.63) is 46.6 Å². The number of rotatable bonds is 3. The van der Waals surface area contributed by atoms with Crippen LogP contribution in [0.4, 0.5) is 11.5 Å². The highest BCUT2D eigenvalue weighted by molar-refractivity contribution is 9.10. The van der Waals surface area contributed by atoms with Crippen LogP contribution < -0.4 is 14.5 Å². The van der Waals surface area contributed by atoms with Crippen LogP contribution in [-0.2, 0) is 0 Å². The first-order chi connectivity index (χ1) is 11.2. The molecule has 0 atom stereocenters. The summed E-state index contributed by atoms with van der Waals surface area (Å²) in [6, 6.07) is 10.5. The summed E-state index contributed by atoms with van der Waals surface area (Å²) in [5, 5.41) is 0. The molecule has 1 aliphatic heterocycles. The van der Waals surface area contributed by atoms with E-state index in [2.05, 4.69) is 55.8 Å². The molecule has 2 aromatic rings. The molecule has 0 saturated carbocycles. The summed E-state index contributed by atoms with van der Waals surface area (Å²) in [7, 11) is 1.70. The highest BCUT2D eigenvalue weighted by atomic mass is 79.9. The molecule has 0 N–H and O–H groups in total. The summed E-state index contributed by atoms with van der Waals surface area (Å²) < 4.78 is 6.28. The molecule has 0 aliphatic carbocycles. The van der Waals surface area contributed by atoms with Crippen molar-refractivity contribution in [2.24, 2.45) is 0 Å². The van der Waals surface area contributed by atoms with E-state index in [1.807, 2.05) is 18.3 Å². The molecule has 1 aromatic heterocycles. The fourth-order valence-electron chi connectivity index (χ4n) is 3.04. The maximum atomic E-state index is 5.24. The van der Waals surface area contributed by atoms with Crippen LogP contribution in [0, 0.1) is 6.92 Å². The maximum Gasteiger partial charge on any atom is 0.131 e. The molecule has 1 fully saturated rings. The zero-order valence-electron chi connectivity index (χ0n) is 13.6. The molecule has 23 heavy (non-hydrogen) atoms. The van der Waals surface area contributed by atoms with E-state index in [9.17, 15) is 0 Å². The molecule has 2 heterocycles. The predicted molar refractivity (Wildman–Crippen MR) is 98.7 cm³/mol. The normalized spacial score (nSPS) is 15.4. The third-order valence-corrected chi connectivity index (χ3v) is 4.68. The van der Waals surface area contributed by atoms with Gasteiger partial charge in [0.2, 0.25) is 0 Å². The SMILES string of the molecule is COc1ccc(N2CCCN(c3ncc(Br)cc3C)CC2)cc1. The van der Waals surface area contributed by atoms with Crippen LogP contribution >= 0.6 is 15.9 Å². The van der Waals surface area contributed by atoms with Crippen LogP contribution in [0.1, 0.15) is 12.0 Å². The zero-order valence-corrected chi connectivity index (χ0v) is 15.2. The van der Waals surface area contributed by atoms with Crippen molar-refractivity contribution in [3.63, 3.8) is 0 Å². The second-order valence-electron chi connectivity index (χ2n) is 5.82. The number of anilines is 2. The molecule has 1 aromatic carbocycles. The van der Waals surface area contributed by atoms with Crippen LogP contribution in [0.5, 0.6) is 5.75 Å². The maximum absolute atomic E-state index is 5.24. The first kappa shape index (κ1) is 16.1. The van der Waals surface area contributed by atoms with Gasteiger partial charge in [-0.1, -0.05) is 0 Å². The standard InChI is InChI=1S/C18H22BrN3O/c1-14-12-15(19)13-20-18(14)22-9-3-8-21(10-11-22)16-4-6-17(23-2)7-5-16/h4-7,12-13H,3,8-11H2,1-2H3. The van der Waals surface area contributed by atoms with Crippen molar-refractivity contribution in [2.75, 3.05) is 43.1 Å². The lowest BCUT2D eigenvalue weighted by Gasteiger charge is -2.25. The number of methoxy groups -OCH3 is 1. The smallest absolute Gasteiger partial charge is 0.131 e. The third-order valence-electron chi connectivity index (χ3n) is 4.25. The molecule has 0 spiro atoms. The van der Waals surface area contributed by atoms with E-state index < -0.39 is 0 Å². The second kappa shape index (κ2) is 7.21. The van der Waals surface area contributed by atoms with Crippen molar-refractivity contribution in [1.29, 1.82) is 0 Å². The minimum Gasteiger partial charge on any atom is -0.497 e. The van der Waals surface area contributed by atoms with Crippen molar-refractivity contribution in [1.82, 2.24) is 4.98 Å². The number of hydrogen-bond donors (Lipinski definition) is 0. The molecule has 122 valence electrons. The Hall–Kier alpha value is -1.75. The summed E-state index contributed by atoms with van der Waals surface area (Å²) in [5.41, 5.74) is 2.48. The average Bonchev–Trinajstić information content (AvgIpc) is 2.81. The number of halogens is 1. The van der Waals surface area contributed by atoms with E-state index in [1.165, 1.54) is 11.3 Å². The monoisotopic (exact) mass is 375 g/mol. The van der Waals surface area contributed by atoms with Gasteiger partial charge in [0.25, 0.3) is 0 Å². The summed E-state index contributed by atoms with van der Waals surface area (Å²) in [5.74, 6) is 2.00. The van der Waals surface area contributed by atoms with Gasteiger partial charge in [0.1, 0.15) is 11.6 Å². The van der Waals surface area contributed by atoms with E-state index in [0.29, 0.717) is 0 Å². The minimum atomic E-state index is 0.903. The van der Waals surface area contributed by atoms with Gasteiger partial charge in [-0.25, -0.2) is 4.98 Å². The van der Waals surface area contributed by atoms with Crippen LogP contribution in [0.3, 0.4) is 0 Å². The lowest BCUT2D eigenvalue weighted by atomic mass is 10.2. The van der Waals surface area contributed by atoms with Crippen LogP contribution in [0.2, 0.25) is 0 Å². The first-order valence-electron chi connectivity index (χ1n) is 7.93. The Bertz CT molecular complexity index is 660. The van der Waals surface area contributed by atoms with E-state index in [-0.39, 0.29) is 0 Å². The van der Waals surface area contributed by atoms with Crippen molar-refractivity contribution in [2.45, 2.75) is 13.3 Å². The number of pyridine rings is 1. The van der Waals surface area contributed by atoms with Gasteiger partial charge >= 0.3 is 0 Å². The van der Waals surface area contributed by atoms with Crippen molar-refractivity contribution >= 4 is 27.4 Å². The summed E-state index contributed by atoms with van der Waals surface area (Å²) in [6.45, 7) is 6.23. The molecule has 0 bridgehead atoms. The highest BCUT2D eigenvalue weighted by Crippen LogP contribution is 2.24. The number of aromatic nitrogens is 1. The fraction of sp³-hybridized carbons (Fsp3) is 0.389. The molecular formula is C18H22BrN3O. The van der Waals surface area contributed by atoms with Crippen molar-refractivity contribution < 1.29 is 4.74 Å². The molecule has 5 heteroatoms. The number of hydrogen-bond acceptors (Lipinski definition) is 4. The largest absolute Gasteiger partial charge is 0.497 e. The van der Waals surface area contributed by atoms with Crippen LogP contribution in [-0.4, -0.2) is 38.3 Å². The first-order valence-corrected chi connectivity index (χ1v) is 8.73. The lowest BCUT2D eigenvalue weighted by Crippen LogP contribution is -2.31. The van der Waals surface area contributed by atoms with Gasteiger partial charge in [-0.05, 0) is 65.2 Å². The molecular weight excluding hydrogens is 354 g/mol. The van der Waals surface area contributed by atoms with Gasteiger partial charge in [-0.3, -0.25) is 0 Å². The molecule has 0 radical (unpaired) electrons. The summed E-state index contributed by atoms with van der Waals surface area (Å²) >= 11 is 3.49. The Morgan fingerprint density at radius 2 is 1.74 bits per heavy atom. The topological polar surface area (TPSA) is 28.6 Å². The van der Waals surface area contributed by atoms with E-state index in [0.717, 1.165) is 48.6 Å². The molecule has 3 rings (SSSR count). The lowest BCUT2D eigenvalue weighted by molar-refractivity contribution is 0.415. The molecule has 1 saturated heterocycles. The van der Waals surface area contributed by atoms with Gasteiger partial charge in [-0.2, -0.15) is 0 Å². The Labute approximate surface area is 146 Å². The van der Waals surface area contributed by atoms with E-state index in [1.54, 1.807) is 7.11 Å². The summed E-state index contributed by atoms with van der Waals surface area (Å²) in [6.07, 6.45) is 3.01. The fourth-order valence-corrected chi connectivity index (χ4v) is 3.49. The van der Waals surface area contributed by atoms with E-state index >= 15 is 0 Å². The second-order valence-corrected chi connectivity index (χ2v) is 6.74. The molecule has 4 nitrogen and oxygen atoms in total. The van der Waals surface area contributed by atoms with Gasteiger partial charge in [0, 0.05) is 42.5 Å². The predicted octanol–water partition coefficient (Wildman–Crippen LogP) is 3.88. The number of aryl methyl sites for hydroxylation is 1. The average molecular weight is 376 g/mol. The molecule has 0 amide bonds. The number of nitrogens with zero attached hydrogens (tertiary/aromatic N) is 3. The van der Waals surface area contributed by atoms with Gasteiger partial charge in [0.05, 0.1) is 7.11 Å². The number of benzene rings is 1. The van der Waals surface area contributed by atoms with Crippen LogP contribution in [0.25, 0.3) is 0 Å². The number of ether oxygens (including phenoxy) is 1. The van der Waals surface area contributed by atoms with Crippen LogP contribution in [0.15, 0.2) is 41.0 Å². The highest BCUT2D eigenvalue weighted by Gasteiger charge is 2.17. The quantitative estimate of drug-likeness (QED) is 0.813. The Balaban J connectivity index is 1.71. The summed E-state index contributed by atoms with van der Waals surface area (Å²) in [4.78, 5) is 9.44. The van der Waals surface area contributed by atoms with Gasteiger partial charge in [-0.15, -0.1) is 0 Å². The zero-order chi connectivity index (χ0) is 16.2. The Kier molecular flexibility index (Phi) is 5.06. The third kappa shape index (κ3) is 3.78. The molecule has 1 aliphatic rings. The van der Waals surface area contributed by atoms with E-state index in [4.69, 9.17) is 4.74 Å². The minimum absolute atomic E-state index is 0.903. The van der Waals surface area contributed by atoms with Gasteiger partial charge < -0.3 is 14.5 Å². The van der Waals surface area contributed by atoms with Gasteiger partial charge in [0.15, 0.2) is 0 Å². The Morgan fingerprint density at radius 3 is 2.43 bits per heavy atom. The molecule has 0 unspecified atom stereocenters.